The minimum absolute atomic E-state index is 0.0159. The van der Waals surface area contributed by atoms with Gasteiger partial charge in [-0.1, -0.05) is 0 Å². The van der Waals surface area contributed by atoms with Gasteiger partial charge in [0.15, 0.2) is 0 Å². The van der Waals surface area contributed by atoms with E-state index in [1.165, 1.54) is 18.5 Å². The van der Waals surface area contributed by atoms with Gasteiger partial charge in [0.2, 0.25) is 0 Å². The van der Waals surface area contributed by atoms with E-state index in [1.807, 2.05) is 0 Å². The van der Waals surface area contributed by atoms with Crippen molar-refractivity contribution in [2.75, 3.05) is 5.73 Å². The quantitative estimate of drug-likeness (QED) is 0.758. The van der Waals surface area contributed by atoms with E-state index in [-0.39, 0.29) is 11.4 Å². The molecule has 0 fully saturated rings. The fourth-order valence-electron chi connectivity index (χ4n) is 1.26. The van der Waals surface area contributed by atoms with Crippen molar-refractivity contribution >= 4 is 5.69 Å². The van der Waals surface area contributed by atoms with E-state index >= 15 is 0 Å². The molecule has 0 amide bonds. The van der Waals surface area contributed by atoms with Gasteiger partial charge in [-0.15, -0.1) is 0 Å². The molecule has 0 atom stereocenters. The van der Waals surface area contributed by atoms with E-state index in [1.54, 1.807) is 0 Å². The van der Waals surface area contributed by atoms with E-state index in [2.05, 4.69) is 10.2 Å². The van der Waals surface area contributed by atoms with Crippen LogP contribution in [0.3, 0.4) is 0 Å². The Bertz CT molecular complexity index is 490. The molecule has 84 valence electrons. The molecule has 0 saturated carbocycles. The van der Waals surface area contributed by atoms with Gasteiger partial charge in [0.25, 0.3) is 0 Å². The van der Waals surface area contributed by atoms with Crippen molar-refractivity contribution in [3.05, 3.63) is 36.2 Å². The highest BCUT2D eigenvalue weighted by atomic mass is 19.4. The maximum absolute atomic E-state index is 12.5. The van der Waals surface area contributed by atoms with Crippen LogP contribution in [0.15, 0.2) is 30.6 Å². The highest BCUT2D eigenvalue weighted by molar-refractivity contribution is 5.50. The Labute approximate surface area is 88.5 Å². The molecule has 16 heavy (non-hydrogen) atoms. The summed E-state index contributed by atoms with van der Waals surface area (Å²) in [5, 5.41) is 7.47. The first kappa shape index (κ1) is 10.5. The van der Waals surface area contributed by atoms with Gasteiger partial charge < -0.3 is 5.73 Å². The maximum Gasteiger partial charge on any atom is 0.416 e. The number of anilines is 1. The topological polar surface area (TPSA) is 56.7 Å². The van der Waals surface area contributed by atoms with Gasteiger partial charge in [-0.2, -0.15) is 28.2 Å². The lowest BCUT2D eigenvalue weighted by atomic mass is 10.1. The summed E-state index contributed by atoms with van der Waals surface area (Å²) in [4.78, 5) is 1.08. The third-order valence-corrected chi connectivity index (χ3v) is 1.92. The molecule has 4 nitrogen and oxygen atoms in total. The third kappa shape index (κ3) is 1.97. The predicted molar refractivity (Wildman–Crippen MR) is 50.8 cm³/mol. The average molecular weight is 228 g/mol. The normalized spacial score (nSPS) is 11.7. The standard InChI is InChI=1S/C9H7F3N4/c10-9(11,12)6-3-7(13)5-8(4-6)16-14-1-2-15-16/h1-5H,13H2. The summed E-state index contributed by atoms with van der Waals surface area (Å²) in [5.41, 5.74) is 4.77. The lowest BCUT2D eigenvalue weighted by Gasteiger charge is -2.09. The minimum atomic E-state index is -4.43. The van der Waals surface area contributed by atoms with Gasteiger partial charge in [-0.25, -0.2) is 0 Å². The molecule has 0 radical (unpaired) electrons. The first-order valence-corrected chi connectivity index (χ1v) is 4.31. The van der Waals surface area contributed by atoms with Crippen LogP contribution in [-0.4, -0.2) is 15.0 Å². The molecule has 0 aliphatic carbocycles. The molecule has 0 aliphatic rings. The number of nitrogen functional groups attached to an aromatic ring is 1. The molecule has 2 aromatic rings. The lowest BCUT2D eigenvalue weighted by molar-refractivity contribution is -0.137. The van der Waals surface area contributed by atoms with E-state index in [4.69, 9.17) is 5.73 Å². The Kier molecular flexibility index (Phi) is 2.30. The number of benzene rings is 1. The number of halogens is 3. The van der Waals surface area contributed by atoms with Crippen LogP contribution < -0.4 is 5.73 Å². The number of nitrogens with zero attached hydrogens (tertiary/aromatic N) is 3. The Morgan fingerprint density at radius 2 is 1.69 bits per heavy atom. The van der Waals surface area contributed by atoms with Crippen LogP contribution in [0.4, 0.5) is 18.9 Å². The van der Waals surface area contributed by atoms with Crippen LogP contribution in [0.1, 0.15) is 5.56 Å². The monoisotopic (exact) mass is 228 g/mol. The van der Waals surface area contributed by atoms with Gasteiger partial charge in [0, 0.05) is 5.69 Å². The zero-order valence-corrected chi connectivity index (χ0v) is 7.94. The van der Waals surface area contributed by atoms with Crippen molar-refractivity contribution in [1.29, 1.82) is 0 Å². The van der Waals surface area contributed by atoms with Crippen LogP contribution >= 0.6 is 0 Å². The fourth-order valence-corrected chi connectivity index (χ4v) is 1.26. The van der Waals surface area contributed by atoms with Crippen molar-refractivity contribution in [2.45, 2.75) is 6.18 Å². The summed E-state index contributed by atoms with van der Waals surface area (Å²) in [6.07, 6.45) is -1.69. The van der Waals surface area contributed by atoms with Crippen molar-refractivity contribution in [3.63, 3.8) is 0 Å². The largest absolute Gasteiger partial charge is 0.416 e. The summed E-state index contributed by atoms with van der Waals surface area (Å²) >= 11 is 0. The van der Waals surface area contributed by atoms with E-state index in [0.717, 1.165) is 16.9 Å². The zero-order valence-electron chi connectivity index (χ0n) is 7.94. The molecule has 1 heterocycles. The van der Waals surface area contributed by atoms with Crippen LogP contribution in [0.25, 0.3) is 5.69 Å². The Morgan fingerprint density at radius 3 is 2.25 bits per heavy atom. The summed E-state index contributed by atoms with van der Waals surface area (Å²) in [6, 6.07) is 3.18. The van der Waals surface area contributed by atoms with Gasteiger partial charge >= 0.3 is 6.18 Å². The zero-order chi connectivity index (χ0) is 11.8. The molecule has 0 spiro atoms. The van der Waals surface area contributed by atoms with E-state index in [0.29, 0.717) is 0 Å². The number of nitrogens with two attached hydrogens (primary N) is 1. The number of hydrogen-bond acceptors (Lipinski definition) is 3. The van der Waals surface area contributed by atoms with Crippen LogP contribution in [0.5, 0.6) is 0 Å². The Hall–Kier alpha value is -2.05. The number of rotatable bonds is 1. The van der Waals surface area contributed by atoms with Gasteiger partial charge in [-0.3, -0.25) is 0 Å². The number of hydrogen-bond donors (Lipinski definition) is 1. The Morgan fingerprint density at radius 1 is 1.06 bits per heavy atom. The first-order chi connectivity index (χ1) is 7.47. The van der Waals surface area contributed by atoms with Crippen LogP contribution in [0, 0.1) is 0 Å². The van der Waals surface area contributed by atoms with Crippen LogP contribution in [-0.2, 0) is 6.18 Å². The molecular formula is C9H7F3N4. The minimum Gasteiger partial charge on any atom is -0.399 e. The molecule has 0 unspecified atom stereocenters. The van der Waals surface area contributed by atoms with Crippen molar-refractivity contribution < 1.29 is 13.2 Å². The van der Waals surface area contributed by atoms with E-state index in [9.17, 15) is 13.2 Å². The Balaban J connectivity index is 2.53. The second kappa shape index (κ2) is 3.51. The summed E-state index contributed by atoms with van der Waals surface area (Å²) < 4.78 is 37.5. The smallest absolute Gasteiger partial charge is 0.399 e. The summed E-state index contributed by atoms with van der Waals surface area (Å²) in [7, 11) is 0. The van der Waals surface area contributed by atoms with E-state index < -0.39 is 11.7 Å². The lowest BCUT2D eigenvalue weighted by Crippen LogP contribution is -2.08. The highest BCUT2D eigenvalue weighted by Gasteiger charge is 2.31. The molecule has 2 N–H and O–H groups in total. The highest BCUT2D eigenvalue weighted by Crippen LogP contribution is 2.31. The SMILES string of the molecule is Nc1cc(-n2nccn2)cc(C(F)(F)F)c1. The third-order valence-electron chi connectivity index (χ3n) is 1.92. The second-order valence-electron chi connectivity index (χ2n) is 3.13. The fraction of sp³-hybridized carbons (Fsp3) is 0.111. The molecular weight excluding hydrogens is 221 g/mol. The molecule has 1 aromatic heterocycles. The second-order valence-corrected chi connectivity index (χ2v) is 3.13. The average Bonchev–Trinajstić information content (AvgIpc) is 2.68. The summed E-state index contributed by atoms with van der Waals surface area (Å²) in [5.74, 6) is 0. The van der Waals surface area contributed by atoms with Gasteiger partial charge in [0.1, 0.15) is 0 Å². The van der Waals surface area contributed by atoms with Gasteiger partial charge in [0.05, 0.1) is 23.6 Å². The van der Waals surface area contributed by atoms with Gasteiger partial charge in [-0.05, 0) is 18.2 Å². The maximum atomic E-state index is 12.5. The molecule has 0 bridgehead atoms. The molecule has 0 saturated heterocycles. The van der Waals surface area contributed by atoms with Crippen molar-refractivity contribution in [3.8, 4) is 5.69 Å². The number of alkyl halides is 3. The van der Waals surface area contributed by atoms with Crippen molar-refractivity contribution in [2.24, 2.45) is 0 Å². The molecule has 1 aromatic carbocycles. The molecule has 2 rings (SSSR count). The first-order valence-electron chi connectivity index (χ1n) is 4.31. The number of aromatic nitrogens is 3. The summed E-state index contributed by atoms with van der Waals surface area (Å²) in [6.45, 7) is 0. The van der Waals surface area contributed by atoms with Crippen LogP contribution in [0.2, 0.25) is 0 Å². The molecule has 7 heteroatoms. The molecule has 0 aliphatic heterocycles. The predicted octanol–water partition coefficient (Wildman–Crippen LogP) is 1.87. The van der Waals surface area contributed by atoms with Crippen molar-refractivity contribution in [1.82, 2.24) is 15.0 Å².